The van der Waals surface area contributed by atoms with Crippen molar-refractivity contribution in [1.29, 1.82) is 0 Å². The number of nitrogen functional groups attached to an aromatic ring is 1. The Hall–Kier alpha value is -3.62. The fourth-order valence-electron chi connectivity index (χ4n) is 3.28. The topological polar surface area (TPSA) is 106 Å². The first-order valence-corrected chi connectivity index (χ1v) is 11.4. The van der Waals surface area contributed by atoms with Gasteiger partial charge in [-0.05, 0) is 54.8 Å². The molecule has 2 amide bonds. The predicted octanol–water partition coefficient (Wildman–Crippen LogP) is 5.11. The fourth-order valence-corrected chi connectivity index (χ4v) is 4.48. The summed E-state index contributed by atoms with van der Waals surface area (Å²) in [5.74, 6) is 0.422. The van der Waals surface area contributed by atoms with Crippen LogP contribution in [0.25, 0.3) is 10.1 Å². The maximum Gasteiger partial charge on any atom is 0.255 e. The van der Waals surface area contributed by atoms with E-state index in [1.54, 1.807) is 48.5 Å². The number of benzene rings is 2. The van der Waals surface area contributed by atoms with Crippen LogP contribution in [0.4, 0.5) is 11.5 Å². The minimum atomic E-state index is -0.260. The molecule has 0 radical (unpaired) electrons. The zero-order chi connectivity index (χ0) is 23.4. The van der Waals surface area contributed by atoms with E-state index in [1.807, 2.05) is 12.3 Å². The molecule has 0 saturated heterocycles. The van der Waals surface area contributed by atoms with Crippen LogP contribution in [-0.4, -0.2) is 23.3 Å². The number of nitrogens with zero attached hydrogens (tertiary/aromatic N) is 1. The van der Waals surface area contributed by atoms with Crippen molar-refractivity contribution in [1.82, 2.24) is 10.3 Å². The van der Waals surface area contributed by atoms with Gasteiger partial charge in [-0.2, -0.15) is 0 Å². The van der Waals surface area contributed by atoms with Crippen LogP contribution >= 0.6 is 22.9 Å². The lowest BCUT2D eigenvalue weighted by Crippen LogP contribution is -2.23. The highest BCUT2D eigenvalue weighted by Crippen LogP contribution is 2.33. The molecule has 2 aromatic heterocycles. The Kier molecular flexibility index (Phi) is 6.76. The molecule has 4 N–H and O–H groups in total. The molecule has 0 bridgehead atoms. The van der Waals surface area contributed by atoms with Gasteiger partial charge in [0.2, 0.25) is 0 Å². The summed E-state index contributed by atoms with van der Waals surface area (Å²) in [7, 11) is 0. The number of nitrogens with one attached hydrogen (secondary N) is 2. The quantitative estimate of drug-likeness (QED) is 0.340. The molecule has 0 fully saturated rings. The van der Waals surface area contributed by atoms with Gasteiger partial charge in [0.25, 0.3) is 11.8 Å². The second-order valence-electron chi connectivity index (χ2n) is 7.16. The molecule has 2 aromatic carbocycles. The molecule has 4 rings (SSSR count). The summed E-state index contributed by atoms with van der Waals surface area (Å²) in [5, 5.41) is 8.83. The van der Waals surface area contributed by atoms with E-state index in [2.05, 4.69) is 15.6 Å². The molecular weight excluding hydrogens is 460 g/mol. The third kappa shape index (κ3) is 5.08. The monoisotopic (exact) mass is 480 g/mol. The van der Waals surface area contributed by atoms with Crippen LogP contribution in [0, 0.1) is 0 Å². The zero-order valence-electron chi connectivity index (χ0n) is 17.7. The summed E-state index contributed by atoms with van der Waals surface area (Å²) in [6.07, 6.45) is 1.49. The average Bonchev–Trinajstić information content (AvgIpc) is 3.24. The standard InChI is InChI=1S/C24H21ClN4O3S/c1-2-27-24(31)19-11-28-22(26)20-15(13-33-21(19)20)12-32-18-5-3-4-14(10-18)23(30)29-17-8-6-16(25)7-9-17/h3-11,13H,2,12H2,1H3,(H2,26,28)(H,27,31)(H,29,30). The van der Waals surface area contributed by atoms with Gasteiger partial charge in [-0.25, -0.2) is 4.98 Å². The Labute approximate surface area is 199 Å². The number of anilines is 2. The Morgan fingerprint density at radius 3 is 2.70 bits per heavy atom. The lowest BCUT2D eigenvalue weighted by Gasteiger charge is -2.10. The molecule has 9 heteroatoms. The highest BCUT2D eigenvalue weighted by atomic mass is 35.5. The highest BCUT2D eigenvalue weighted by molar-refractivity contribution is 7.17. The summed E-state index contributed by atoms with van der Waals surface area (Å²) in [6, 6.07) is 13.8. The van der Waals surface area contributed by atoms with Crippen LogP contribution in [0.15, 0.2) is 60.1 Å². The van der Waals surface area contributed by atoms with Gasteiger partial charge in [0, 0.05) is 40.0 Å². The van der Waals surface area contributed by atoms with Crippen molar-refractivity contribution in [3.05, 3.63) is 81.8 Å². The maximum absolute atomic E-state index is 12.6. The Morgan fingerprint density at radius 2 is 1.94 bits per heavy atom. The van der Waals surface area contributed by atoms with E-state index in [9.17, 15) is 9.59 Å². The number of hydrogen-bond donors (Lipinski definition) is 3. The first-order valence-electron chi connectivity index (χ1n) is 10.2. The lowest BCUT2D eigenvalue weighted by atomic mass is 10.1. The zero-order valence-corrected chi connectivity index (χ0v) is 19.3. The number of rotatable bonds is 7. The van der Waals surface area contributed by atoms with Gasteiger partial charge in [0.1, 0.15) is 18.2 Å². The molecule has 7 nitrogen and oxygen atoms in total. The molecule has 0 aliphatic carbocycles. The van der Waals surface area contributed by atoms with E-state index in [4.69, 9.17) is 22.1 Å². The van der Waals surface area contributed by atoms with E-state index in [1.165, 1.54) is 17.5 Å². The molecule has 4 aromatic rings. The average molecular weight is 481 g/mol. The number of aromatic nitrogens is 1. The predicted molar refractivity (Wildman–Crippen MR) is 132 cm³/mol. The number of nitrogens with two attached hydrogens (primary N) is 1. The number of ether oxygens (including phenoxy) is 1. The van der Waals surface area contributed by atoms with Crippen LogP contribution in [0.2, 0.25) is 5.02 Å². The van der Waals surface area contributed by atoms with Crippen molar-refractivity contribution in [2.75, 3.05) is 17.6 Å². The van der Waals surface area contributed by atoms with Crippen molar-refractivity contribution in [3.8, 4) is 5.75 Å². The summed E-state index contributed by atoms with van der Waals surface area (Å²) < 4.78 is 6.71. The number of carbonyl (C=O) groups is 2. The van der Waals surface area contributed by atoms with E-state index in [0.29, 0.717) is 45.3 Å². The molecule has 0 aliphatic heterocycles. The molecule has 0 unspecified atom stereocenters. The summed E-state index contributed by atoms with van der Waals surface area (Å²) in [5.41, 5.74) is 8.51. The van der Waals surface area contributed by atoms with Gasteiger partial charge >= 0.3 is 0 Å². The Bertz CT molecular complexity index is 1320. The molecular formula is C24H21ClN4O3S. The van der Waals surface area contributed by atoms with Crippen LogP contribution in [0.5, 0.6) is 5.75 Å². The van der Waals surface area contributed by atoms with E-state index in [0.717, 1.165) is 10.3 Å². The van der Waals surface area contributed by atoms with Crippen LogP contribution in [0.1, 0.15) is 33.2 Å². The maximum atomic E-state index is 12.6. The lowest BCUT2D eigenvalue weighted by molar-refractivity contribution is 0.0956. The number of fused-ring (bicyclic) bond motifs is 1. The van der Waals surface area contributed by atoms with Gasteiger partial charge in [-0.3, -0.25) is 9.59 Å². The molecule has 0 atom stereocenters. The van der Waals surface area contributed by atoms with Crippen molar-refractivity contribution in [3.63, 3.8) is 0 Å². The normalized spacial score (nSPS) is 10.7. The van der Waals surface area contributed by atoms with Gasteiger partial charge < -0.3 is 21.1 Å². The SMILES string of the molecule is CCNC(=O)c1cnc(N)c2c(COc3cccc(C(=O)Nc4ccc(Cl)cc4)c3)csc12. The van der Waals surface area contributed by atoms with Gasteiger partial charge in [-0.1, -0.05) is 17.7 Å². The molecule has 168 valence electrons. The third-order valence-corrected chi connectivity index (χ3v) is 6.19. The number of carbonyl (C=O) groups excluding carboxylic acids is 2. The van der Waals surface area contributed by atoms with Crippen molar-refractivity contribution in [2.24, 2.45) is 0 Å². The van der Waals surface area contributed by atoms with E-state index in [-0.39, 0.29) is 18.4 Å². The number of pyridine rings is 1. The Morgan fingerprint density at radius 1 is 1.15 bits per heavy atom. The largest absolute Gasteiger partial charge is 0.489 e. The summed E-state index contributed by atoms with van der Waals surface area (Å²) in [4.78, 5) is 29.1. The van der Waals surface area contributed by atoms with E-state index >= 15 is 0 Å². The molecule has 0 spiro atoms. The van der Waals surface area contributed by atoms with Crippen LogP contribution < -0.4 is 21.1 Å². The highest BCUT2D eigenvalue weighted by Gasteiger charge is 2.17. The van der Waals surface area contributed by atoms with Crippen molar-refractivity contribution in [2.45, 2.75) is 13.5 Å². The van der Waals surface area contributed by atoms with Crippen LogP contribution in [-0.2, 0) is 6.61 Å². The second-order valence-corrected chi connectivity index (χ2v) is 8.48. The minimum Gasteiger partial charge on any atom is -0.489 e. The van der Waals surface area contributed by atoms with Crippen LogP contribution in [0.3, 0.4) is 0 Å². The number of thiophene rings is 1. The van der Waals surface area contributed by atoms with Crippen molar-refractivity contribution < 1.29 is 14.3 Å². The minimum absolute atomic E-state index is 0.191. The van der Waals surface area contributed by atoms with Gasteiger partial charge in [0.15, 0.2) is 0 Å². The smallest absolute Gasteiger partial charge is 0.255 e. The molecule has 2 heterocycles. The number of halogens is 1. The molecule has 33 heavy (non-hydrogen) atoms. The summed E-state index contributed by atoms with van der Waals surface area (Å²) in [6.45, 7) is 2.60. The third-order valence-electron chi connectivity index (χ3n) is 4.88. The second kappa shape index (κ2) is 9.89. The Balaban J connectivity index is 1.50. The molecule has 0 aliphatic rings. The fraction of sp³-hybridized carbons (Fsp3) is 0.125. The summed E-state index contributed by atoms with van der Waals surface area (Å²) >= 11 is 7.31. The number of hydrogen-bond acceptors (Lipinski definition) is 6. The van der Waals surface area contributed by atoms with Gasteiger partial charge in [0.05, 0.1) is 10.3 Å². The first-order chi connectivity index (χ1) is 16.0. The molecule has 0 saturated carbocycles. The first kappa shape index (κ1) is 22.6. The van der Waals surface area contributed by atoms with Crippen molar-refractivity contribution >= 4 is 56.3 Å². The van der Waals surface area contributed by atoms with E-state index < -0.39 is 0 Å². The number of amides is 2. The van der Waals surface area contributed by atoms with Gasteiger partial charge in [-0.15, -0.1) is 11.3 Å².